The molecule has 0 bridgehead atoms. The van der Waals surface area contributed by atoms with Crippen LogP contribution in [0.3, 0.4) is 0 Å². The second-order valence-corrected chi connectivity index (χ2v) is 6.61. The second kappa shape index (κ2) is 6.42. The topological polar surface area (TPSA) is 12.9 Å². The molecule has 4 aromatic rings. The lowest BCUT2D eigenvalue weighted by Crippen LogP contribution is -1.85. The van der Waals surface area contributed by atoms with Crippen molar-refractivity contribution in [1.29, 1.82) is 0 Å². The molecule has 0 unspecified atom stereocenters. The van der Waals surface area contributed by atoms with Gasteiger partial charge >= 0.3 is 0 Å². The lowest BCUT2D eigenvalue weighted by Gasteiger charge is -2.08. The Morgan fingerprint density at radius 1 is 0.667 bits per heavy atom. The van der Waals surface area contributed by atoms with E-state index in [-0.39, 0.29) is 0 Å². The Hall–Kier alpha value is -2.71. The van der Waals surface area contributed by atoms with Crippen molar-refractivity contribution in [3.63, 3.8) is 0 Å². The van der Waals surface area contributed by atoms with Crippen LogP contribution in [0, 0.1) is 6.92 Å². The minimum atomic E-state index is 1.06. The molecule has 0 spiro atoms. The summed E-state index contributed by atoms with van der Waals surface area (Å²) < 4.78 is 4.81. The molecule has 0 aliphatic heterocycles. The zero-order valence-corrected chi connectivity index (χ0v) is 14.3. The van der Waals surface area contributed by atoms with E-state index in [1.54, 1.807) is 11.5 Å². The van der Waals surface area contributed by atoms with Crippen LogP contribution in [0.5, 0.6) is 0 Å². The van der Waals surface area contributed by atoms with Crippen LogP contribution < -0.4 is 0 Å². The number of aromatic nitrogens is 1. The van der Waals surface area contributed by atoms with Gasteiger partial charge in [0, 0.05) is 11.1 Å². The smallest absolute Gasteiger partial charge is 0.0925 e. The van der Waals surface area contributed by atoms with Crippen molar-refractivity contribution in [2.24, 2.45) is 0 Å². The third-order valence-electron chi connectivity index (χ3n) is 4.08. The van der Waals surface area contributed by atoms with Gasteiger partial charge < -0.3 is 0 Å². The van der Waals surface area contributed by atoms with Crippen LogP contribution in [0.2, 0.25) is 0 Å². The van der Waals surface area contributed by atoms with Gasteiger partial charge in [0.25, 0.3) is 0 Å². The van der Waals surface area contributed by atoms with Crippen molar-refractivity contribution in [2.45, 2.75) is 6.92 Å². The highest BCUT2D eigenvalue weighted by atomic mass is 32.1. The van der Waals surface area contributed by atoms with Crippen molar-refractivity contribution in [3.05, 3.63) is 90.5 Å². The fraction of sp³-hybridized carbons (Fsp3) is 0.0455. The van der Waals surface area contributed by atoms with E-state index in [1.165, 1.54) is 27.1 Å². The fourth-order valence-electron chi connectivity index (χ4n) is 2.94. The molecule has 24 heavy (non-hydrogen) atoms. The predicted octanol–water partition coefficient (Wildman–Crippen LogP) is 6.45. The number of benzene rings is 3. The van der Waals surface area contributed by atoms with Gasteiger partial charge in [-0.05, 0) is 29.6 Å². The van der Waals surface area contributed by atoms with Crippen LogP contribution in [0.25, 0.3) is 32.8 Å². The molecule has 3 aromatic carbocycles. The van der Waals surface area contributed by atoms with E-state index in [0.29, 0.717) is 0 Å². The van der Waals surface area contributed by atoms with Gasteiger partial charge in [0.1, 0.15) is 0 Å². The van der Waals surface area contributed by atoms with Gasteiger partial charge in [-0.15, -0.1) is 0 Å². The SMILES string of the molecule is Cc1cccc(-c2c(-c3ccccc3)nsc2-c2ccccc2)c1. The van der Waals surface area contributed by atoms with E-state index >= 15 is 0 Å². The third kappa shape index (κ3) is 2.77. The van der Waals surface area contributed by atoms with E-state index in [9.17, 15) is 0 Å². The van der Waals surface area contributed by atoms with Gasteiger partial charge in [-0.1, -0.05) is 90.5 Å². The minimum Gasteiger partial charge on any atom is -0.191 e. The molecule has 0 N–H and O–H groups in total. The molecule has 0 radical (unpaired) electrons. The van der Waals surface area contributed by atoms with Crippen molar-refractivity contribution in [2.75, 3.05) is 0 Å². The van der Waals surface area contributed by atoms with Crippen molar-refractivity contribution in [3.8, 4) is 32.8 Å². The zero-order valence-electron chi connectivity index (χ0n) is 13.4. The Morgan fingerprint density at radius 3 is 1.96 bits per heavy atom. The summed E-state index contributed by atoms with van der Waals surface area (Å²) in [5, 5.41) is 0. The summed E-state index contributed by atoms with van der Waals surface area (Å²) in [6.45, 7) is 2.13. The summed E-state index contributed by atoms with van der Waals surface area (Å²) in [6, 6.07) is 29.6. The van der Waals surface area contributed by atoms with E-state index in [4.69, 9.17) is 4.37 Å². The largest absolute Gasteiger partial charge is 0.191 e. The van der Waals surface area contributed by atoms with Gasteiger partial charge in [0.15, 0.2) is 0 Å². The van der Waals surface area contributed by atoms with E-state index in [0.717, 1.165) is 11.3 Å². The quantitative estimate of drug-likeness (QED) is 0.421. The van der Waals surface area contributed by atoms with Gasteiger partial charge in [-0.25, -0.2) is 0 Å². The molecule has 0 fully saturated rings. The molecule has 2 heteroatoms. The Kier molecular flexibility index (Phi) is 3.97. The van der Waals surface area contributed by atoms with Crippen LogP contribution in [0.1, 0.15) is 5.56 Å². The molecule has 0 atom stereocenters. The first kappa shape index (κ1) is 14.9. The normalized spacial score (nSPS) is 10.7. The zero-order chi connectivity index (χ0) is 16.4. The number of rotatable bonds is 3. The Balaban J connectivity index is 1.98. The molecule has 1 nitrogen and oxygen atoms in total. The average molecular weight is 327 g/mol. The van der Waals surface area contributed by atoms with Gasteiger partial charge in [-0.3, -0.25) is 0 Å². The molecule has 116 valence electrons. The maximum atomic E-state index is 4.81. The predicted molar refractivity (Wildman–Crippen MR) is 103 cm³/mol. The van der Waals surface area contributed by atoms with Crippen LogP contribution in [0.4, 0.5) is 0 Å². The maximum absolute atomic E-state index is 4.81. The first-order chi connectivity index (χ1) is 11.8. The fourth-order valence-corrected chi connectivity index (χ4v) is 3.86. The molecule has 0 aliphatic carbocycles. The minimum absolute atomic E-state index is 1.06. The molecule has 0 aliphatic rings. The summed E-state index contributed by atoms with van der Waals surface area (Å²) in [6.07, 6.45) is 0. The summed E-state index contributed by atoms with van der Waals surface area (Å²) in [5.74, 6) is 0. The number of aryl methyl sites for hydroxylation is 1. The average Bonchev–Trinajstić information content (AvgIpc) is 3.08. The molecule has 0 amide bonds. The van der Waals surface area contributed by atoms with Gasteiger partial charge in [0.2, 0.25) is 0 Å². The Bertz CT molecular complexity index is 899. The van der Waals surface area contributed by atoms with Crippen molar-refractivity contribution < 1.29 is 0 Å². The summed E-state index contributed by atoms with van der Waals surface area (Å²) in [7, 11) is 0. The van der Waals surface area contributed by atoms with Crippen LogP contribution in [-0.4, -0.2) is 4.37 Å². The molecule has 1 aromatic heterocycles. The van der Waals surface area contributed by atoms with Crippen LogP contribution >= 0.6 is 11.5 Å². The highest BCUT2D eigenvalue weighted by molar-refractivity contribution is 7.10. The summed E-state index contributed by atoms with van der Waals surface area (Å²) in [5.41, 5.74) is 7.14. The van der Waals surface area contributed by atoms with Crippen LogP contribution in [0.15, 0.2) is 84.9 Å². The molecular formula is C22H17NS. The van der Waals surface area contributed by atoms with Gasteiger partial charge in [0.05, 0.1) is 10.6 Å². The highest BCUT2D eigenvalue weighted by Gasteiger charge is 2.18. The van der Waals surface area contributed by atoms with Crippen LogP contribution in [-0.2, 0) is 0 Å². The summed E-state index contributed by atoms with van der Waals surface area (Å²) >= 11 is 1.57. The highest BCUT2D eigenvalue weighted by Crippen LogP contribution is 2.42. The Morgan fingerprint density at radius 2 is 1.29 bits per heavy atom. The molecule has 4 rings (SSSR count). The summed E-state index contributed by atoms with van der Waals surface area (Å²) in [4.78, 5) is 1.22. The second-order valence-electron chi connectivity index (χ2n) is 5.84. The molecule has 0 saturated carbocycles. The van der Waals surface area contributed by atoms with Crippen molar-refractivity contribution >= 4 is 11.5 Å². The van der Waals surface area contributed by atoms with E-state index < -0.39 is 0 Å². The first-order valence-corrected chi connectivity index (χ1v) is 8.78. The van der Waals surface area contributed by atoms with Crippen molar-refractivity contribution in [1.82, 2.24) is 4.37 Å². The third-order valence-corrected chi connectivity index (χ3v) is 4.98. The molecule has 1 heterocycles. The molecular weight excluding hydrogens is 310 g/mol. The number of nitrogens with zero attached hydrogens (tertiary/aromatic N) is 1. The van der Waals surface area contributed by atoms with Gasteiger partial charge in [-0.2, -0.15) is 4.37 Å². The number of hydrogen-bond donors (Lipinski definition) is 0. The maximum Gasteiger partial charge on any atom is 0.0925 e. The number of hydrogen-bond acceptors (Lipinski definition) is 2. The Labute approximate surface area is 146 Å². The van der Waals surface area contributed by atoms with E-state index in [2.05, 4.69) is 85.8 Å². The lowest BCUT2D eigenvalue weighted by atomic mass is 9.96. The van der Waals surface area contributed by atoms with E-state index in [1.807, 2.05) is 6.07 Å². The first-order valence-electron chi connectivity index (χ1n) is 8.00. The monoisotopic (exact) mass is 327 g/mol. The lowest BCUT2D eigenvalue weighted by molar-refractivity contribution is 1.46. The standard InChI is InChI=1S/C22H17NS/c1-16-9-8-14-19(15-16)20-21(17-10-4-2-5-11-17)23-24-22(20)18-12-6-3-7-13-18/h2-15H,1H3. The molecule has 0 saturated heterocycles.